The maximum Gasteiger partial charge on any atom is 0.306 e. The summed E-state index contributed by atoms with van der Waals surface area (Å²) in [5, 5.41) is 16.2. The molecule has 8 heteroatoms. The van der Waals surface area contributed by atoms with Gasteiger partial charge in [0.15, 0.2) is 0 Å². The lowest BCUT2D eigenvalue weighted by molar-refractivity contribution is -0.143. The van der Waals surface area contributed by atoms with Crippen LogP contribution in [0.2, 0.25) is 0 Å². The highest BCUT2D eigenvalue weighted by molar-refractivity contribution is 6.05. The lowest BCUT2D eigenvalue weighted by Gasteiger charge is -2.30. The molecule has 4 rings (SSSR count). The second kappa shape index (κ2) is 8.06. The van der Waals surface area contributed by atoms with Crippen LogP contribution in [0, 0.1) is 5.92 Å². The molecule has 0 aliphatic carbocycles. The number of hydrogen-bond donors (Lipinski definition) is 2. The Balaban J connectivity index is 1.38. The summed E-state index contributed by atoms with van der Waals surface area (Å²) >= 11 is 0. The van der Waals surface area contributed by atoms with E-state index in [2.05, 4.69) is 10.4 Å². The van der Waals surface area contributed by atoms with Gasteiger partial charge in [0.25, 0.3) is 11.8 Å². The lowest BCUT2D eigenvalue weighted by Crippen LogP contribution is -2.40. The van der Waals surface area contributed by atoms with Crippen LogP contribution in [0.5, 0.6) is 0 Å². The average molecular weight is 396 g/mol. The molecule has 2 aromatic rings. The van der Waals surface area contributed by atoms with Crippen LogP contribution in [-0.4, -0.2) is 50.7 Å². The Kier molecular flexibility index (Phi) is 5.33. The van der Waals surface area contributed by atoms with Crippen molar-refractivity contribution >= 4 is 23.5 Å². The largest absolute Gasteiger partial charge is 0.481 e. The van der Waals surface area contributed by atoms with Crippen LogP contribution in [-0.2, 0) is 17.8 Å². The molecule has 1 saturated heterocycles. The highest BCUT2D eigenvalue weighted by Crippen LogP contribution is 2.22. The summed E-state index contributed by atoms with van der Waals surface area (Å²) in [5.74, 6) is -1.47. The molecule has 8 nitrogen and oxygen atoms in total. The van der Waals surface area contributed by atoms with Crippen molar-refractivity contribution in [3.05, 3.63) is 47.3 Å². The minimum Gasteiger partial charge on any atom is -0.481 e. The van der Waals surface area contributed by atoms with Crippen molar-refractivity contribution in [3.63, 3.8) is 0 Å². The predicted molar refractivity (Wildman–Crippen MR) is 106 cm³/mol. The molecule has 0 unspecified atom stereocenters. The number of carbonyl (C=O) groups excluding carboxylic acids is 2. The molecule has 2 aliphatic heterocycles. The minimum absolute atomic E-state index is 0.114. The number of aryl methyl sites for hydroxylation is 1. The summed E-state index contributed by atoms with van der Waals surface area (Å²) in [7, 11) is 0. The molecule has 0 spiro atoms. The van der Waals surface area contributed by atoms with Crippen molar-refractivity contribution in [2.75, 3.05) is 18.4 Å². The van der Waals surface area contributed by atoms with E-state index in [9.17, 15) is 14.4 Å². The highest BCUT2D eigenvalue weighted by Gasteiger charge is 2.27. The molecule has 3 heterocycles. The topological polar surface area (TPSA) is 105 Å². The molecule has 29 heavy (non-hydrogen) atoms. The second-order valence-electron chi connectivity index (χ2n) is 7.62. The van der Waals surface area contributed by atoms with Crippen molar-refractivity contribution in [2.45, 2.75) is 38.6 Å². The van der Waals surface area contributed by atoms with Gasteiger partial charge in [-0.15, -0.1) is 0 Å². The number of likely N-dealkylation sites (tertiary alicyclic amines) is 1. The first-order chi connectivity index (χ1) is 14.0. The third-order valence-corrected chi connectivity index (χ3v) is 5.75. The number of aliphatic carboxylic acids is 1. The monoisotopic (exact) mass is 396 g/mol. The number of piperidine rings is 1. The molecule has 2 N–H and O–H groups in total. The summed E-state index contributed by atoms with van der Waals surface area (Å²) in [5.41, 5.74) is 2.73. The van der Waals surface area contributed by atoms with E-state index in [1.54, 1.807) is 35.4 Å². The SMILES string of the molecule is O=C(Nc1ccc(C(=O)N2CCC(C(=O)O)CC2)cc1)c1cnn2c1CCCC2. The quantitative estimate of drug-likeness (QED) is 0.826. The van der Waals surface area contributed by atoms with Gasteiger partial charge in [-0.3, -0.25) is 19.1 Å². The summed E-state index contributed by atoms with van der Waals surface area (Å²) in [6.07, 6.45) is 5.57. The van der Waals surface area contributed by atoms with Crippen LogP contribution in [0.3, 0.4) is 0 Å². The maximum atomic E-state index is 12.6. The first-order valence-electron chi connectivity index (χ1n) is 10.0. The Bertz CT molecular complexity index is 927. The number of nitrogens with zero attached hydrogens (tertiary/aromatic N) is 3. The number of nitrogens with one attached hydrogen (secondary N) is 1. The van der Waals surface area contributed by atoms with Crippen molar-refractivity contribution in [1.82, 2.24) is 14.7 Å². The minimum atomic E-state index is -0.795. The number of aromatic nitrogens is 2. The molecule has 1 aromatic heterocycles. The molecular formula is C21H24N4O4. The van der Waals surface area contributed by atoms with E-state index in [0.29, 0.717) is 42.7 Å². The molecule has 0 bridgehead atoms. The second-order valence-corrected chi connectivity index (χ2v) is 7.62. The van der Waals surface area contributed by atoms with Gasteiger partial charge in [0.1, 0.15) is 0 Å². The molecule has 0 atom stereocenters. The van der Waals surface area contributed by atoms with E-state index in [0.717, 1.165) is 31.5 Å². The third-order valence-electron chi connectivity index (χ3n) is 5.75. The van der Waals surface area contributed by atoms with Gasteiger partial charge in [0.05, 0.1) is 23.4 Å². The zero-order valence-corrected chi connectivity index (χ0v) is 16.1. The Labute approximate surface area is 168 Å². The summed E-state index contributed by atoms with van der Waals surface area (Å²) in [6.45, 7) is 1.74. The summed E-state index contributed by atoms with van der Waals surface area (Å²) in [6, 6.07) is 6.81. The van der Waals surface area contributed by atoms with Gasteiger partial charge in [0, 0.05) is 30.9 Å². The number of amides is 2. The van der Waals surface area contributed by atoms with Gasteiger partial charge in [0.2, 0.25) is 0 Å². The van der Waals surface area contributed by atoms with Gasteiger partial charge >= 0.3 is 5.97 Å². The zero-order chi connectivity index (χ0) is 20.4. The molecule has 2 amide bonds. The Morgan fingerprint density at radius 1 is 1.03 bits per heavy atom. The summed E-state index contributed by atoms with van der Waals surface area (Å²) in [4.78, 5) is 38.0. The number of benzene rings is 1. The van der Waals surface area contributed by atoms with Crippen molar-refractivity contribution in [1.29, 1.82) is 0 Å². The number of carboxylic acids is 1. The number of fused-ring (bicyclic) bond motifs is 1. The van der Waals surface area contributed by atoms with Crippen LogP contribution in [0.1, 0.15) is 52.1 Å². The van der Waals surface area contributed by atoms with Crippen molar-refractivity contribution in [2.24, 2.45) is 5.92 Å². The third kappa shape index (κ3) is 4.01. The number of anilines is 1. The van der Waals surface area contributed by atoms with Crippen molar-refractivity contribution < 1.29 is 19.5 Å². The predicted octanol–water partition coefficient (Wildman–Crippen LogP) is 2.41. The Morgan fingerprint density at radius 3 is 2.45 bits per heavy atom. The normalized spacial score (nSPS) is 16.9. The van der Waals surface area contributed by atoms with E-state index in [1.165, 1.54) is 0 Å². The zero-order valence-electron chi connectivity index (χ0n) is 16.1. The average Bonchev–Trinajstić information content (AvgIpc) is 3.18. The van der Waals surface area contributed by atoms with Gasteiger partial charge in [-0.2, -0.15) is 5.10 Å². The van der Waals surface area contributed by atoms with Gasteiger partial charge in [-0.05, 0) is 56.4 Å². The van der Waals surface area contributed by atoms with E-state index < -0.39 is 5.97 Å². The fraction of sp³-hybridized carbons (Fsp3) is 0.429. The standard InChI is InChI=1S/C21H24N4O4/c26-19(17-13-22-25-10-2-1-3-18(17)25)23-16-6-4-14(5-7-16)20(27)24-11-8-15(9-12-24)21(28)29/h4-7,13,15H,1-3,8-12H2,(H,23,26)(H,28,29). The van der Waals surface area contributed by atoms with Crippen molar-refractivity contribution in [3.8, 4) is 0 Å². The first-order valence-corrected chi connectivity index (χ1v) is 10.0. The van der Waals surface area contributed by atoms with Crippen LogP contribution < -0.4 is 5.32 Å². The molecule has 0 saturated carbocycles. The molecule has 1 aromatic carbocycles. The van der Waals surface area contributed by atoms with Gasteiger partial charge in [-0.1, -0.05) is 0 Å². The number of carbonyl (C=O) groups is 3. The maximum absolute atomic E-state index is 12.6. The number of rotatable bonds is 4. The van der Waals surface area contributed by atoms with Crippen LogP contribution in [0.15, 0.2) is 30.5 Å². The van der Waals surface area contributed by atoms with Gasteiger partial charge < -0.3 is 15.3 Å². The van der Waals surface area contributed by atoms with Crippen LogP contribution in [0.25, 0.3) is 0 Å². The van der Waals surface area contributed by atoms with E-state index in [-0.39, 0.29) is 17.7 Å². The Morgan fingerprint density at radius 2 is 1.76 bits per heavy atom. The number of carboxylic acid groups (broad SMARTS) is 1. The first kappa shape index (κ1) is 19.2. The molecule has 0 radical (unpaired) electrons. The molecule has 1 fully saturated rings. The molecule has 152 valence electrons. The fourth-order valence-electron chi connectivity index (χ4n) is 4.02. The van der Waals surface area contributed by atoms with Gasteiger partial charge in [-0.25, -0.2) is 0 Å². The smallest absolute Gasteiger partial charge is 0.306 e. The Hall–Kier alpha value is -3.16. The number of hydrogen-bond acceptors (Lipinski definition) is 4. The van der Waals surface area contributed by atoms with E-state index in [1.807, 2.05) is 4.68 Å². The fourth-order valence-corrected chi connectivity index (χ4v) is 4.02. The lowest BCUT2D eigenvalue weighted by atomic mass is 9.96. The summed E-state index contributed by atoms with van der Waals surface area (Å²) < 4.78 is 1.90. The van der Waals surface area contributed by atoms with E-state index >= 15 is 0 Å². The molecular weight excluding hydrogens is 372 g/mol. The van der Waals surface area contributed by atoms with Crippen LogP contribution >= 0.6 is 0 Å². The van der Waals surface area contributed by atoms with E-state index in [4.69, 9.17) is 5.11 Å². The molecule has 2 aliphatic rings. The van der Waals surface area contributed by atoms with Crippen LogP contribution in [0.4, 0.5) is 5.69 Å². The highest BCUT2D eigenvalue weighted by atomic mass is 16.4.